The van der Waals surface area contributed by atoms with Crippen molar-refractivity contribution in [3.8, 4) is 0 Å². The van der Waals surface area contributed by atoms with Crippen molar-refractivity contribution in [3.63, 3.8) is 0 Å². The number of alkyl halides is 3. The molecule has 1 unspecified atom stereocenters. The first-order chi connectivity index (χ1) is 8.75. The summed E-state index contributed by atoms with van der Waals surface area (Å²) in [7, 11) is 1.16. The lowest BCUT2D eigenvalue weighted by Gasteiger charge is -2.14. The first-order valence-electron chi connectivity index (χ1n) is 5.12. The zero-order chi connectivity index (χ0) is 14.6. The van der Waals surface area contributed by atoms with Crippen molar-refractivity contribution in [2.75, 3.05) is 19.0 Å². The molecule has 1 aromatic carbocycles. The molecule has 0 saturated carbocycles. The summed E-state index contributed by atoms with van der Waals surface area (Å²) in [5.74, 6) is -2.38. The molecule has 2 N–H and O–H groups in total. The molecule has 4 nitrogen and oxygen atoms in total. The van der Waals surface area contributed by atoms with Crippen molar-refractivity contribution in [1.82, 2.24) is 0 Å². The van der Waals surface area contributed by atoms with E-state index in [1.807, 2.05) is 0 Å². The van der Waals surface area contributed by atoms with Crippen molar-refractivity contribution < 1.29 is 32.2 Å². The van der Waals surface area contributed by atoms with E-state index in [0.29, 0.717) is 12.1 Å². The van der Waals surface area contributed by atoms with Gasteiger partial charge >= 0.3 is 12.1 Å². The second kappa shape index (κ2) is 5.87. The molecule has 0 heterocycles. The number of aliphatic carboxylic acids is 1. The highest BCUT2D eigenvalue weighted by molar-refractivity contribution is 5.73. The highest BCUT2D eigenvalue weighted by atomic mass is 19.4. The van der Waals surface area contributed by atoms with Crippen LogP contribution < -0.4 is 5.32 Å². The monoisotopic (exact) mass is 281 g/mol. The van der Waals surface area contributed by atoms with Gasteiger partial charge in [0.25, 0.3) is 0 Å². The summed E-state index contributed by atoms with van der Waals surface area (Å²) in [5.41, 5.74) is -1.34. The second-order valence-corrected chi connectivity index (χ2v) is 3.64. The molecule has 0 aliphatic rings. The van der Waals surface area contributed by atoms with E-state index >= 15 is 0 Å². The lowest BCUT2D eigenvalue weighted by Crippen LogP contribution is -2.30. The maximum atomic E-state index is 13.4. The van der Waals surface area contributed by atoms with E-state index in [4.69, 9.17) is 5.11 Å². The van der Waals surface area contributed by atoms with Gasteiger partial charge in [0.1, 0.15) is 5.82 Å². The van der Waals surface area contributed by atoms with Crippen LogP contribution in [0.25, 0.3) is 0 Å². The number of anilines is 1. The summed E-state index contributed by atoms with van der Waals surface area (Å²) in [6.45, 7) is -0.270. The fraction of sp³-hybridized carbons (Fsp3) is 0.364. The van der Waals surface area contributed by atoms with Crippen LogP contribution in [-0.2, 0) is 15.7 Å². The van der Waals surface area contributed by atoms with Gasteiger partial charge in [0.15, 0.2) is 6.10 Å². The number of methoxy groups -OCH3 is 1. The summed E-state index contributed by atoms with van der Waals surface area (Å²) in [6, 6.07) is 1.94. The Balaban J connectivity index is 2.78. The third-order valence-electron chi connectivity index (χ3n) is 2.33. The van der Waals surface area contributed by atoms with Gasteiger partial charge in [-0.15, -0.1) is 0 Å². The normalized spacial score (nSPS) is 13.1. The molecule has 0 amide bonds. The Labute approximate surface area is 106 Å². The topological polar surface area (TPSA) is 58.6 Å². The molecule has 0 aromatic heterocycles. The highest BCUT2D eigenvalue weighted by Crippen LogP contribution is 2.31. The molecule has 106 valence electrons. The molecule has 0 bridgehead atoms. The van der Waals surface area contributed by atoms with E-state index in [1.54, 1.807) is 0 Å². The first-order valence-corrected chi connectivity index (χ1v) is 5.12. The average Bonchev–Trinajstić information content (AvgIpc) is 2.29. The first kappa shape index (κ1) is 15.2. The minimum absolute atomic E-state index is 0.226. The molecule has 19 heavy (non-hydrogen) atoms. The van der Waals surface area contributed by atoms with Crippen LogP contribution >= 0.6 is 0 Å². The molecular formula is C11H11F4NO3. The van der Waals surface area contributed by atoms with Gasteiger partial charge in [-0.3, -0.25) is 0 Å². The number of halogens is 4. The van der Waals surface area contributed by atoms with Crippen molar-refractivity contribution in [2.24, 2.45) is 0 Å². The van der Waals surface area contributed by atoms with Crippen LogP contribution in [0.4, 0.5) is 23.2 Å². The minimum atomic E-state index is -4.63. The number of carbonyl (C=O) groups is 1. The van der Waals surface area contributed by atoms with E-state index in [1.165, 1.54) is 0 Å². The van der Waals surface area contributed by atoms with Crippen LogP contribution in [0.1, 0.15) is 5.56 Å². The Morgan fingerprint density at radius 3 is 2.53 bits per heavy atom. The quantitative estimate of drug-likeness (QED) is 0.813. The Bertz CT molecular complexity index is 462. The van der Waals surface area contributed by atoms with E-state index in [-0.39, 0.29) is 12.2 Å². The van der Waals surface area contributed by atoms with E-state index < -0.39 is 29.6 Å². The van der Waals surface area contributed by atoms with E-state index in [9.17, 15) is 22.4 Å². The summed E-state index contributed by atoms with van der Waals surface area (Å²) in [4.78, 5) is 10.6. The van der Waals surface area contributed by atoms with Gasteiger partial charge in [-0.2, -0.15) is 13.2 Å². The summed E-state index contributed by atoms with van der Waals surface area (Å²) < 4.78 is 54.8. The number of carboxylic acid groups (broad SMARTS) is 1. The lowest BCUT2D eigenvalue weighted by atomic mass is 10.2. The van der Waals surface area contributed by atoms with Gasteiger partial charge < -0.3 is 15.2 Å². The number of hydrogen-bond donors (Lipinski definition) is 2. The molecule has 0 aliphatic heterocycles. The molecule has 1 atom stereocenters. The molecule has 0 radical (unpaired) electrons. The lowest BCUT2D eigenvalue weighted by molar-refractivity contribution is -0.147. The molecule has 0 fully saturated rings. The fourth-order valence-corrected chi connectivity index (χ4v) is 1.31. The second-order valence-electron chi connectivity index (χ2n) is 3.64. The maximum Gasteiger partial charge on any atom is 0.416 e. The Morgan fingerprint density at radius 2 is 2.11 bits per heavy atom. The molecule has 8 heteroatoms. The number of ether oxygens (including phenoxy) is 1. The highest BCUT2D eigenvalue weighted by Gasteiger charge is 2.31. The maximum absolute atomic E-state index is 13.4. The summed E-state index contributed by atoms with van der Waals surface area (Å²) >= 11 is 0. The molecule has 1 rings (SSSR count). The van der Waals surface area contributed by atoms with Crippen molar-refractivity contribution >= 4 is 11.7 Å². The van der Waals surface area contributed by atoms with Gasteiger partial charge in [-0.05, 0) is 18.2 Å². The van der Waals surface area contributed by atoms with Crippen molar-refractivity contribution in [1.29, 1.82) is 0 Å². The van der Waals surface area contributed by atoms with Gasteiger partial charge in [0.2, 0.25) is 0 Å². The number of carboxylic acids is 1. The molecule has 0 aliphatic carbocycles. The largest absolute Gasteiger partial charge is 0.479 e. The summed E-state index contributed by atoms with van der Waals surface area (Å²) in [5, 5.41) is 11.0. The SMILES string of the molecule is COC(CNc1ccc(C(F)(F)F)cc1F)C(=O)O. The van der Waals surface area contributed by atoms with Crippen LogP contribution in [-0.4, -0.2) is 30.8 Å². The number of rotatable bonds is 5. The smallest absolute Gasteiger partial charge is 0.416 e. The molecular weight excluding hydrogens is 270 g/mol. The van der Waals surface area contributed by atoms with E-state index in [2.05, 4.69) is 10.1 Å². The number of nitrogens with one attached hydrogen (secondary N) is 1. The van der Waals surface area contributed by atoms with Crippen LogP contribution in [0, 0.1) is 5.82 Å². The van der Waals surface area contributed by atoms with Gasteiger partial charge in [0, 0.05) is 7.11 Å². The van der Waals surface area contributed by atoms with Crippen molar-refractivity contribution in [3.05, 3.63) is 29.6 Å². The predicted octanol–water partition coefficient (Wildman–Crippen LogP) is 2.36. The van der Waals surface area contributed by atoms with Crippen molar-refractivity contribution in [2.45, 2.75) is 12.3 Å². The number of hydrogen-bond acceptors (Lipinski definition) is 3. The van der Waals surface area contributed by atoms with Crippen LogP contribution in [0.2, 0.25) is 0 Å². The van der Waals surface area contributed by atoms with Crippen LogP contribution in [0.3, 0.4) is 0 Å². The predicted molar refractivity (Wildman–Crippen MR) is 58.3 cm³/mol. The third kappa shape index (κ3) is 4.09. The van der Waals surface area contributed by atoms with Gasteiger partial charge in [-0.25, -0.2) is 9.18 Å². The molecule has 0 spiro atoms. The zero-order valence-electron chi connectivity index (χ0n) is 9.79. The van der Waals surface area contributed by atoms with E-state index in [0.717, 1.165) is 13.2 Å². The summed E-state index contributed by atoms with van der Waals surface area (Å²) in [6.07, 6.45) is -5.85. The average molecular weight is 281 g/mol. The minimum Gasteiger partial charge on any atom is -0.479 e. The molecule has 0 saturated heterocycles. The van der Waals surface area contributed by atoms with Crippen LogP contribution in [0.15, 0.2) is 18.2 Å². The van der Waals surface area contributed by atoms with Crippen LogP contribution in [0.5, 0.6) is 0 Å². The number of benzene rings is 1. The molecule has 1 aromatic rings. The van der Waals surface area contributed by atoms with Gasteiger partial charge in [-0.1, -0.05) is 0 Å². The zero-order valence-corrected chi connectivity index (χ0v) is 9.79. The van der Waals surface area contributed by atoms with Gasteiger partial charge in [0.05, 0.1) is 17.8 Å². The Hall–Kier alpha value is -1.83. The Morgan fingerprint density at radius 1 is 1.47 bits per heavy atom. The third-order valence-corrected chi connectivity index (χ3v) is 2.33. The fourth-order valence-electron chi connectivity index (χ4n) is 1.31. The standard InChI is InChI=1S/C11H11F4NO3/c1-19-9(10(17)18)5-16-8-3-2-6(4-7(8)12)11(13,14)15/h2-4,9,16H,5H2,1H3,(H,17,18). The Kier molecular flexibility index (Phi) is 4.71.